The lowest BCUT2D eigenvalue weighted by Gasteiger charge is -2.14. The second-order valence-electron chi connectivity index (χ2n) is 7.01. The molecule has 0 atom stereocenters. The molecule has 8 heteroatoms. The van der Waals surface area contributed by atoms with Crippen LogP contribution in [0, 0.1) is 25.2 Å². The van der Waals surface area contributed by atoms with Gasteiger partial charge in [-0.3, -0.25) is 14.9 Å². The number of methoxy groups -OCH3 is 1. The molecule has 0 unspecified atom stereocenters. The number of carbonyl (C=O) groups is 1. The lowest BCUT2D eigenvalue weighted by atomic mass is 10.1. The van der Waals surface area contributed by atoms with Gasteiger partial charge in [0.15, 0.2) is 11.5 Å². The summed E-state index contributed by atoms with van der Waals surface area (Å²) in [7, 11) is 1.49. The standard InChI is InChI=1S/C24H21Cl2N3O3/c1-15-4-5-16(2)29(15)28-24(30)19(13-27)10-18-11-21(26)23(22(12-18)31-3)32-14-17-6-8-20(25)9-7-17/h4-12H,14H2,1-3H3,(H,28,30)/b19-10-. The maximum Gasteiger partial charge on any atom is 0.280 e. The van der Waals surface area contributed by atoms with Crippen molar-refractivity contribution >= 4 is 35.2 Å². The Labute approximate surface area is 196 Å². The number of hydrogen-bond donors (Lipinski definition) is 1. The largest absolute Gasteiger partial charge is 0.493 e. The van der Waals surface area contributed by atoms with Gasteiger partial charge in [-0.25, -0.2) is 0 Å². The fraction of sp³-hybridized carbons (Fsp3) is 0.167. The van der Waals surface area contributed by atoms with Crippen molar-refractivity contribution in [3.8, 4) is 17.6 Å². The number of hydrogen-bond acceptors (Lipinski definition) is 4. The second kappa shape index (κ2) is 10.3. The van der Waals surface area contributed by atoms with Gasteiger partial charge in [0.1, 0.15) is 18.2 Å². The molecule has 2 aromatic carbocycles. The van der Waals surface area contributed by atoms with E-state index in [0.29, 0.717) is 27.1 Å². The van der Waals surface area contributed by atoms with E-state index in [-0.39, 0.29) is 12.2 Å². The number of nitrogens with one attached hydrogen (secondary N) is 1. The van der Waals surface area contributed by atoms with Gasteiger partial charge in [0.05, 0.1) is 12.1 Å². The van der Waals surface area contributed by atoms with Crippen LogP contribution >= 0.6 is 23.2 Å². The number of benzene rings is 2. The maximum atomic E-state index is 12.6. The molecule has 0 saturated carbocycles. The molecule has 0 aliphatic carbocycles. The van der Waals surface area contributed by atoms with Crippen molar-refractivity contribution in [1.82, 2.24) is 4.68 Å². The quantitative estimate of drug-likeness (QED) is 0.356. The minimum atomic E-state index is -0.534. The number of carbonyl (C=O) groups excluding carboxylic acids is 1. The van der Waals surface area contributed by atoms with E-state index in [4.69, 9.17) is 32.7 Å². The Bertz CT molecular complexity index is 1190. The van der Waals surface area contributed by atoms with E-state index in [1.54, 1.807) is 28.9 Å². The molecule has 164 valence electrons. The third-order valence-electron chi connectivity index (χ3n) is 4.71. The van der Waals surface area contributed by atoms with Gasteiger partial charge in [-0.2, -0.15) is 5.26 Å². The van der Waals surface area contributed by atoms with Crippen LogP contribution in [0.3, 0.4) is 0 Å². The van der Waals surface area contributed by atoms with Crippen LogP contribution in [0.2, 0.25) is 10.0 Å². The van der Waals surface area contributed by atoms with E-state index < -0.39 is 5.91 Å². The molecular formula is C24H21Cl2N3O3. The molecule has 0 bridgehead atoms. The van der Waals surface area contributed by atoms with Crippen molar-refractivity contribution in [1.29, 1.82) is 5.26 Å². The molecule has 0 aliphatic rings. The Kier molecular flexibility index (Phi) is 7.47. The Hall–Kier alpha value is -3.40. The molecule has 1 heterocycles. The predicted octanol–water partition coefficient (Wildman–Crippen LogP) is 5.68. The maximum absolute atomic E-state index is 12.6. The van der Waals surface area contributed by atoms with Crippen LogP contribution in [0.15, 0.2) is 54.1 Å². The van der Waals surface area contributed by atoms with E-state index in [0.717, 1.165) is 17.0 Å². The van der Waals surface area contributed by atoms with Crippen LogP contribution in [0.4, 0.5) is 0 Å². The number of nitrogens with zero attached hydrogens (tertiary/aromatic N) is 2. The number of aryl methyl sites for hydroxylation is 2. The Morgan fingerprint density at radius 1 is 1.12 bits per heavy atom. The summed E-state index contributed by atoms with van der Waals surface area (Å²) in [6.45, 7) is 3.98. The predicted molar refractivity (Wildman–Crippen MR) is 126 cm³/mol. The highest BCUT2D eigenvalue weighted by atomic mass is 35.5. The number of halogens is 2. The van der Waals surface area contributed by atoms with Gasteiger partial charge in [-0.05, 0) is 67.4 Å². The molecule has 0 aliphatic heterocycles. The smallest absolute Gasteiger partial charge is 0.280 e. The highest BCUT2D eigenvalue weighted by Gasteiger charge is 2.15. The molecule has 0 radical (unpaired) electrons. The van der Waals surface area contributed by atoms with Gasteiger partial charge >= 0.3 is 0 Å². The Balaban J connectivity index is 1.83. The minimum absolute atomic E-state index is 0.0783. The van der Waals surface area contributed by atoms with Crippen LogP contribution in [0.1, 0.15) is 22.5 Å². The second-order valence-corrected chi connectivity index (χ2v) is 7.86. The molecule has 1 amide bonds. The molecule has 3 rings (SSSR count). The first-order valence-corrected chi connectivity index (χ1v) is 10.4. The SMILES string of the molecule is COc1cc(/C=C(/C#N)C(=O)Nn2c(C)ccc2C)cc(Cl)c1OCc1ccc(Cl)cc1. The van der Waals surface area contributed by atoms with Crippen molar-refractivity contribution in [3.63, 3.8) is 0 Å². The molecule has 32 heavy (non-hydrogen) atoms. The summed E-state index contributed by atoms with van der Waals surface area (Å²) in [5.74, 6) is 0.211. The van der Waals surface area contributed by atoms with Crippen molar-refractivity contribution in [2.45, 2.75) is 20.5 Å². The van der Waals surface area contributed by atoms with E-state index in [1.165, 1.54) is 13.2 Å². The van der Waals surface area contributed by atoms with Crippen LogP contribution in [-0.2, 0) is 11.4 Å². The van der Waals surface area contributed by atoms with E-state index in [9.17, 15) is 10.1 Å². The molecule has 0 spiro atoms. The Morgan fingerprint density at radius 2 is 1.78 bits per heavy atom. The molecule has 1 aromatic heterocycles. The molecular weight excluding hydrogens is 449 g/mol. The average Bonchev–Trinajstić information content (AvgIpc) is 3.09. The molecule has 3 aromatic rings. The molecule has 6 nitrogen and oxygen atoms in total. The zero-order valence-corrected chi connectivity index (χ0v) is 19.3. The fourth-order valence-corrected chi connectivity index (χ4v) is 3.42. The lowest BCUT2D eigenvalue weighted by Crippen LogP contribution is -2.25. The highest BCUT2D eigenvalue weighted by Crippen LogP contribution is 2.37. The van der Waals surface area contributed by atoms with E-state index in [2.05, 4.69) is 5.43 Å². The first-order chi connectivity index (χ1) is 15.3. The number of amides is 1. The molecule has 1 N–H and O–H groups in total. The minimum Gasteiger partial charge on any atom is -0.493 e. The summed E-state index contributed by atoms with van der Waals surface area (Å²) < 4.78 is 12.9. The number of rotatable bonds is 7. The summed E-state index contributed by atoms with van der Waals surface area (Å²) in [5.41, 5.74) is 5.77. The fourth-order valence-electron chi connectivity index (χ4n) is 3.02. The van der Waals surface area contributed by atoms with Gasteiger partial charge in [-0.1, -0.05) is 35.3 Å². The topological polar surface area (TPSA) is 76.3 Å². The van der Waals surface area contributed by atoms with Gasteiger partial charge in [0, 0.05) is 16.4 Å². The Morgan fingerprint density at radius 3 is 2.38 bits per heavy atom. The third-order valence-corrected chi connectivity index (χ3v) is 5.24. The van der Waals surface area contributed by atoms with Gasteiger partial charge in [0.2, 0.25) is 0 Å². The van der Waals surface area contributed by atoms with E-state index in [1.807, 2.05) is 44.2 Å². The van der Waals surface area contributed by atoms with Gasteiger partial charge in [-0.15, -0.1) is 0 Å². The van der Waals surface area contributed by atoms with Crippen molar-refractivity contribution < 1.29 is 14.3 Å². The first kappa shape index (κ1) is 23.3. The van der Waals surface area contributed by atoms with E-state index >= 15 is 0 Å². The number of ether oxygens (including phenoxy) is 2. The number of nitriles is 1. The summed E-state index contributed by atoms with van der Waals surface area (Å²) in [4.78, 5) is 12.6. The zero-order valence-electron chi connectivity index (χ0n) is 17.8. The highest BCUT2D eigenvalue weighted by molar-refractivity contribution is 6.32. The van der Waals surface area contributed by atoms with Crippen molar-refractivity contribution in [2.75, 3.05) is 12.5 Å². The van der Waals surface area contributed by atoms with Gasteiger partial charge in [0.25, 0.3) is 5.91 Å². The average molecular weight is 470 g/mol. The van der Waals surface area contributed by atoms with Crippen LogP contribution < -0.4 is 14.9 Å². The summed E-state index contributed by atoms with van der Waals surface area (Å²) in [6, 6.07) is 16.2. The van der Waals surface area contributed by atoms with Crippen molar-refractivity contribution in [3.05, 3.63) is 86.7 Å². The molecule has 0 saturated heterocycles. The first-order valence-electron chi connectivity index (χ1n) is 9.65. The monoisotopic (exact) mass is 469 g/mol. The summed E-state index contributed by atoms with van der Waals surface area (Å²) in [6.07, 6.45) is 1.45. The van der Waals surface area contributed by atoms with Crippen LogP contribution in [0.5, 0.6) is 11.5 Å². The van der Waals surface area contributed by atoms with Crippen LogP contribution in [-0.4, -0.2) is 17.7 Å². The zero-order chi connectivity index (χ0) is 23.3. The van der Waals surface area contributed by atoms with Crippen LogP contribution in [0.25, 0.3) is 6.08 Å². The number of aromatic nitrogens is 1. The summed E-state index contributed by atoms with van der Waals surface area (Å²) in [5, 5.41) is 10.4. The third kappa shape index (κ3) is 5.44. The normalized spacial score (nSPS) is 11.1. The summed E-state index contributed by atoms with van der Waals surface area (Å²) >= 11 is 12.3. The van der Waals surface area contributed by atoms with Crippen molar-refractivity contribution in [2.24, 2.45) is 0 Å². The lowest BCUT2D eigenvalue weighted by molar-refractivity contribution is -0.113. The van der Waals surface area contributed by atoms with Gasteiger partial charge < -0.3 is 9.47 Å². The molecule has 0 fully saturated rings.